The summed E-state index contributed by atoms with van der Waals surface area (Å²) in [5, 5.41) is 4.92. The Morgan fingerprint density at radius 3 is 2.38 bits per heavy atom. The fourth-order valence-corrected chi connectivity index (χ4v) is 2.51. The van der Waals surface area contributed by atoms with E-state index in [9.17, 15) is 22.8 Å². The average molecular weight is 355 g/mol. The fourth-order valence-electron chi connectivity index (χ4n) is 1.52. The molecule has 0 saturated carbocycles. The van der Waals surface area contributed by atoms with Gasteiger partial charge in [-0.2, -0.15) is 0 Å². The maximum atomic E-state index is 11.8. The summed E-state index contributed by atoms with van der Waals surface area (Å²) in [4.78, 5) is 33.1. The van der Waals surface area contributed by atoms with Gasteiger partial charge in [0.25, 0.3) is 10.0 Å². The molecule has 0 aliphatic carbocycles. The lowest BCUT2D eigenvalue weighted by Gasteiger charge is -2.09. The van der Waals surface area contributed by atoms with Crippen molar-refractivity contribution in [1.82, 2.24) is 10.0 Å². The van der Waals surface area contributed by atoms with E-state index in [0.29, 0.717) is 5.69 Å². The van der Waals surface area contributed by atoms with Gasteiger partial charge < -0.3 is 15.4 Å². The quantitative estimate of drug-likeness (QED) is 0.368. The van der Waals surface area contributed by atoms with Crippen molar-refractivity contribution in [3.8, 4) is 0 Å². The standard InChI is InChI=1S/C14H17N3O6S/c1-3-13(19)23-9-8-15-14(20)16-11-4-6-12(7-5-11)24(21,22)17-10(2)18/h3-7H,1,8-9H2,2H3,(H,17,18)(H2,15,16,20). The maximum Gasteiger partial charge on any atom is 0.330 e. The molecule has 0 aliphatic heterocycles. The fraction of sp³-hybridized carbons (Fsp3) is 0.214. The van der Waals surface area contributed by atoms with Crippen LogP contribution in [0.4, 0.5) is 10.5 Å². The second-order valence-corrected chi connectivity index (χ2v) is 6.12. The summed E-state index contributed by atoms with van der Waals surface area (Å²) in [6, 6.07) is 4.67. The van der Waals surface area contributed by atoms with Crippen LogP contribution in [0.2, 0.25) is 0 Å². The highest BCUT2D eigenvalue weighted by molar-refractivity contribution is 7.90. The number of carbonyl (C=O) groups is 3. The van der Waals surface area contributed by atoms with Crippen molar-refractivity contribution in [2.75, 3.05) is 18.5 Å². The van der Waals surface area contributed by atoms with Crippen LogP contribution < -0.4 is 15.4 Å². The van der Waals surface area contributed by atoms with Crippen LogP contribution in [0.15, 0.2) is 41.8 Å². The molecule has 0 fully saturated rings. The van der Waals surface area contributed by atoms with E-state index >= 15 is 0 Å². The molecule has 1 aromatic rings. The summed E-state index contributed by atoms with van der Waals surface area (Å²) in [5.74, 6) is -1.29. The molecule has 10 heteroatoms. The lowest BCUT2D eigenvalue weighted by atomic mass is 10.3. The number of hydrogen-bond donors (Lipinski definition) is 3. The van der Waals surface area contributed by atoms with Crippen molar-refractivity contribution in [2.45, 2.75) is 11.8 Å². The van der Waals surface area contributed by atoms with Crippen LogP contribution in [-0.4, -0.2) is 39.5 Å². The van der Waals surface area contributed by atoms with Crippen molar-refractivity contribution in [3.05, 3.63) is 36.9 Å². The number of benzene rings is 1. The van der Waals surface area contributed by atoms with Crippen LogP contribution >= 0.6 is 0 Å². The van der Waals surface area contributed by atoms with Gasteiger partial charge in [-0.25, -0.2) is 22.7 Å². The number of ether oxygens (including phenoxy) is 1. The van der Waals surface area contributed by atoms with Crippen LogP contribution in [0.3, 0.4) is 0 Å². The first-order chi connectivity index (χ1) is 11.2. The van der Waals surface area contributed by atoms with Gasteiger partial charge in [0.15, 0.2) is 0 Å². The van der Waals surface area contributed by atoms with Gasteiger partial charge in [-0.3, -0.25) is 4.79 Å². The first-order valence-electron chi connectivity index (χ1n) is 6.72. The van der Waals surface area contributed by atoms with Gasteiger partial charge in [-0.15, -0.1) is 0 Å². The number of urea groups is 1. The molecule has 0 spiro atoms. The number of amides is 3. The van der Waals surface area contributed by atoms with E-state index in [-0.39, 0.29) is 18.0 Å². The maximum absolute atomic E-state index is 11.8. The molecule has 0 atom stereocenters. The first kappa shape index (κ1) is 19.2. The minimum absolute atomic E-state index is 0.00777. The highest BCUT2D eigenvalue weighted by Gasteiger charge is 2.15. The Hall–Kier alpha value is -2.88. The zero-order valence-electron chi connectivity index (χ0n) is 12.9. The van der Waals surface area contributed by atoms with Crippen LogP contribution in [0.1, 0.15) is 6.92 Å². The number of sulfonamides is 1. The molecule has 3 amide bonds. The first-order valence-corrected chi connectivity index (χ1v) is 8.20. The second kappa shape index (κ2) is 8.67. The molecule has 0 bridgehead atoms. The van der Waals surface area contributed by atoms with E-state index in [2.05, 4.69) is 21.9 Å². The Morgan fingerprint density at radius 2 is 1.83 bits per heavy atom. The van der Waals surface area contributed by atoms with E-state index in [4.69, 9.17) is 0 Å². The molecular weight excluding hydrogens is 338 g/mol. The molecule has 130 valence electrons. The van der Waals surface area contributed by atoms with Crippen LogP contribution in [-0.2, 0) is 24.3 Å². The third-order valence-corrected chi connectivity index (χ3v) is 3.95. The number of carbonyl (C=O) groups excluding carboxylic acids is 3. The molecule has 1 aromatic carbocycles. The topological polar surface area (TPSA) is 131 Å². The molecular formula is C14H17N3O6S. The predicted octanol–water partition coefficient (Wildman–Crippen LogP) is 0.362. The number of esters is 1. The van der Waals surface area contributed by atoms with Crippen molar-refractivity contribution in [2.24, 2.45) is 0 Å². The zero-order chi connectivity index (χ0) is 18.2. The lowest BCUT2D eigenvalue weighted by molar-refractivity contribution is -0.137. The molecule has 0 unspecified atom stereocenters. The molecule has 0 radical (unpaired) electrons. The average Bonchev–Trinajstić information content (AvgIpc) is 2.50. The van der Waals surface area contributed by atoms with Crippen molar-refractivity contribution in [3.63, 3.8) is 0 Å². The van der Waals surface area contributed by atoms with Gasteiger partial charge in [0, 0.05) is 18.7 Å². The predicted molar refractivity (Wildman–Crippen MR) is 85.6 cm³/mol. The molecule has 0 heterocycles. The molecule has 9 nitrogen and oxygen atoms in total. The monoisotopic (exact) mass is 355 g/mol. The van der Waals surface area contributed by atoms with Gasteiger partial charge in [0.1, 0.15) is 6.61 Å². The number of rotatable bonds is 7. The summed E-state index contributed by atoms with van der Waals surface area (Å²) in [6.07, 6.45) is 1.01. The summed E-state index contributed by atoms with van der Waals surface area (Å²) < 4.78 is 30.0. The Morgan fingerprint density at radius 1 is 1.21 bits per heavy atom. The molecule has 0 saturated heterocycles. The van der Waals surface area contributed by atoms with Gasteiger partial charge in [-0.1, -0.05) is 6.58 Å². The van der Waals surface area contributed by atoms with Gasteiger partial charge in [0.05, 0.1) is 11.4 Å². The number of nitrogens with one attached hydrogen (secondary N) is 3. The van der Waals surface area contributed by atoms with E-state index in [1.807, 2.05) is 4.72 Å². The number of anilines is 1. The van der Waals surface area contributed by atoms with E-state index in [1.165, 1.54) is 24.3 Å². The summed E-state index contributed by atoms with van der Waals surface area (Å²) in [6.45, 7) is 4.41. The Kier molecular flexibility index (Phi) is 6.93. The second-order valence-electron chi connectivity index (χ2n) is 4.44. The highest BCUT2D eigenvalue weighted by Crippen LogP contribution is 2.13. The van der Waals surface area contributed by atoms with Gasteiger partial charge in [-0.05, 0) is 24.3 Å². The normalized spacial score (nSPS) is 10.4. The van der Waals surface area contributed by atoms with Crippen molar-refractivity contribution in [1.29, 1.82) is 0 Å². The minimum Gasteiger partial charge on any atom is -0.461 e. The minimum atomic E-state index is -3.92. The lowest BCUT2D eigenvalue weighted by Crippen LogP contribution is -2.32. The SMILES string of the molecule is C=CC(=O)OCCNC(=O)Nc1ccc(S(=O)(=O)NC(C)=O)cc1. The molecule has 24 heavy (non-hydrogen) atoms. The molecule has 3 N–H and O–H groups in total. The summed E-state index contributed by atoms with van der Waals surface area (Å²) >= 11 is 0. The Labute approximate surface area is 139 Å². The third kappa shape index (κ3) is 6.48. The smallest absolute Gasteiger partial charge is 0.330 e. The highest BCUT2D eigenvalue weighted by atomic mass is 32.2. The van der Waals surface area contributed by atoms with Crippen LogP contribution in [0.25, 0.3) is 0 Å². The van der Waals surface area contributed by atoms with Crippen molar-refractivity contribution < 1.29 is 27.5 Å². The zero-order valence-corrected chi connectivity index (χ0v) is 13.7. The van der Waals surface area contributed by atoms with Gasteiger partial charge in [0.2, 0.25) is 5.91 Å². The summed E-state index contributed by atoms with van der Waals surface area (Å²) in [7, 11) is -3.92. The largest absolute Gasteiger partial charge is 0.461 e. The van der Waals surface area contributed by atoms with E-state index < -0.39 is 27.9 Å². The van der Waals surface area contributed by atoms with Crippen LogP contribution in [0.5, 0.6) is 0 Å². The summed E-state index contributed by atoms with van der Waals surface area (Å²) in [5.41, 5.74) is 0.345. The number of hydrogen-bond acceptors (Lipinski definition) is 6. The van der Waals surface area contributed by atoms with Crippen molar-refractivity contribution >= 4 is 33.6 Å². The molecule has 0 aliphatic rings. The van der Waals surface area contributed by atoms with E-state index in [1.54, 1.807) is 0 Å². The third-order valence-electron chi connectivity index (χ3n) is 2.50. The van der Waals surface area contributed by atoms with E-state index in [0.717, 1.165) is 13.0 Å². The Bertz CT molecular complexity index is 727. The van der Waals surface area contributed by atoms with Crippen LogP contribution in [0, 0.1) is 0 Å². The van der Waals surface area contributed by atoms with Gasteiger partial charge >= 0.3 is 12.0 Å². The molecule has 0 aromatic heterocycles. The molecule has 1 rings (SSSR count). The Balaban J connectivity index is 2.52.